The lowest BCUT2D eigenvalue weighted by atomic mass is 10.1. The van der Waals surface area contributed by atoms with E-state index in [1.165, 1.54) is 17.3 Å². The molecule has 142 valence electrons. The van der Waals surface area contributed by atoms with Gasteiger partial charge in [-0.1, -0.05) is 29.5 Å². The Morgan fingerprint density at radius 1 is 1.22 bits per heavy atom. The lowest BCUT2D eigenvalue weighted by molar-refractivity contribution is -0.115. The van der Waals surface area contributed by atoms with Crippen LogP contribution in [0.4, 0.5) is 5.69 Å². The van der Waals surface area contributed by atoms with Gasteiger partial charge < -0.3 is 5.32 Å². The van der Waals surface area contributed by atoms with E-state index in [0.717, 1.165) is 28.3 Å². The van der Waals surface area contributed by atoms with Gasteiger partial charge in [-0.3, -0.25) is 9.48 Å². The molecule has 0 saturated carbocycles. The van der Waals surface area contributed by atoms with Crippen molar-refractivity contribution in [3.8, 4) is 5.69 Å². The molecule has 0 saturated heterocycles. The summed E-state index contributed by atoms with van der Waals surface area (Å²) < 4.78 is 3.42. The number of nitrogens with one attached hydrogen (secondary N) is 1. The van der Waals surface area contributed by atoms with Crippen LogP contribution >= 0.6 is 11.8 Å². The average molecular weight is 385 g/mol. The number of carbonyl (C=O) groups is 1. The van der Waals surface area contributed by atoms with Gasteiger partial charge >= 0.3 is 0 Å². The van der Waals surface area contributed by atoms with Crippen LogP contribution in [0.15, 0.2) is 23.4 Å². The van der Waals surface area contributed by atoms with E-state index in [-0.39, 0.29) is 11.2 Å². The highest BCUT2D eigenvalue weighted by Crippen LogP contribution is 2.26. The lowest BCUT2D eigenvalue weighted by Crippen LogP contribution is -2.23. The van der Waals surface area contributed by atoms with Crippen molar-refractivity contribution < 1.29 is 4.79 Å². The molecule has 27 heavy (non-hydrogen) atoms. The minimum atomic E-state index is -0.375. The summed E-state index contributed by atoms with van der Waals surface area (Å²) in [4.78, 5) is 12.7. The molecule has 1 atom stereocenters. The van der Waals surface area contributed by atoms with Gasteiger partial charge in [-0.25, -0.2) is 0 Å². The molecule has 2 heterocycles. The molecule has 2 aromatic heterocycles. The van der Waals surface area contributed by atoms with Crippen LogP contribution in [0.1, 0.15) is 29.4 Å². The monoisotopic (exact) mass is 385 g/mol. The highest BCUT2D eigenvalue weighted by atomic mass is 32.2. The van der Waals surface area contributed by atoms with Crippen LogP contribution in [0.3, 0.4) is 0 Å². The molecular weight excluding hydrogens is 362 g/mol. The van der Waals surface area contributed by atoms with Crippen LogP contribution in [0.2, 0.25) is 0 Å². The predicted molar refractivity (Wildman–Crippen MR) is 105 cm³/mol. The highest BCUT2D eigenvalue weighted by Gasteiger charge is 2.22. The third-order valence-electron chi connectivity index (χ3n) is 4.43. The molecular formula is C18H23N7OS. The molecule has 1 amide bonds. The van der Waals surface area contributed by atoms with Crippen LogP contribution in [-0.4, -0.2) is 41.1 Å². The van der Waals surface area contributed by atoms with E-state index in [2.05, 4.69) is 32.0 Å². The second-order valence-corrected chi connectivity index (χ2v) is 7.89. The molecule has 0 aliphatic rings. The number of amides is 1. The van der Waals surface area contributed by atoms with Crippen molar-refractivity contribution in [3.05, 3.63) is 40.7 Å². The van der Waals surface area contributed by atoms with E-state index in [1.54, 1.807) is 9.36 Å². The third-order valence-corrected chi connectivity index (χ3v) is 5.46. The number of hydrogen-bond donors (Lipinski definition) is 1. The fraction of sp³-hybridized carbons (Fsp3) is 0.389. The maximum Gasteiger partial charge on any atom is 0.237 e. The van der Waals surface area contributed by atoms with E-state index in [0.29, 0.717) is 5.16 Å². The number of hydrogen-bond acceptors (Lipinski definition) is 6. The average Bonchev–Trinajstić information content (AvgIpc) is 3.14. The normalized spacial score (nSPS) is 12.2. The maximum absolute atomic E-state index is 12.7. The first-order chi connectivity index (χ1) is 12.8. The number of aryl methyl sites for hydroxylation is 4. The molecule has 9 heteroatoms. The molecule has 0 bridgehead atoms. The molecule has 3 rings (SSSR count). The number of thioether (sulfide) groups is 1. The molecule has 3 aromatic rings. The van der Waals surface area contributed by atoms with E-state index in [4.69, 9.17) is 0 Å². The number of carbonyl (C=O) groups excluding carboxylic acids is 1. The second-order valence-electron chi connectivity index (χ2n) is 6.58. The SMILES string of the molecule is Cc1ccc(-n2nnnc2SC(C)C(=O)Nc2c(C)nn(C)c2C)c(C)c1. The van der Waals surface area contributed by atoms with Gasteiger partial charge in [0.25, 0.3) is 0 Å². The molecule has 0 radical (unpaired) electrons. The fourth-order valence-corrected chi connectivity index (χ4v) is 3.64. The van der Waals surface area contributed by atoms with Gasteiger partial charge in [-0.15, -0.1) is 5.10 Å². The van der Waals surface area contributed by atoms with Crippen LogP contribution in [0.25, 0.3) is 5.69 Å². The quantitative estimate of drug-likeness (QED) is 0.679. The predicted octanol–water partition coefficient (Wildman–Crippen LogP) is 2.75. The zero-order valence-corrected chi connectivity index (χ0v) is 17.1. The van der Waals surface area contributed by atoms with Crippen molar-refractivity contribution in [1.82, 2.24) is 30.0 Å². The zero-order valence-electron chi connectivity index (χ0n) is 16.3. The summed E-state index contributed by atoms with van der Waals surface area (Å²) in [7, 11) is 1.86. The first-order valence-electron chi connectivity index (χ1n) is 8.61. The van der Waals surface area contributed by atoms with Crippen molar-refractivity contribution in [1.29, 1.82) is 0 Å². The van der Waals surface area contributed by atoms with Gasteiger partial charge in [-0.2, -0.15) is 9.78 Å². The Kier molecular flexibility index (Phi) is 5.31. The Hall–Kier alpha value is -2.68. The summed E-state index contributed by atoms with van der Waals surface area (Å²) in [5.74, 6) is -0.116. The van der Waals surface area contributed by atoms with Gasteiger partial charge in [0.05, 0.1) is 28.0 Å². The smallest absolute Gasteiger partial charge is 0.237 e. The molecule has 1 aromatic carbocycles. The number of tetrazole rings is 1. The van der Waals surface area contributed by atoms with Crippen molar-refractivity contribution in [2.75, 3.05) is 5.32 Å². The topological polar surface area (TPSA) is 90.5 Å². The number of rotatable bonds is 5. The molecule has 0 aliphatic heterocycles. The van der Waals surface area contributed by atoms with Crippen molar-refractivity contribution >= 4 is 23.4 Å². The van der Waals surface area contributed by atoms with E-state index < -0.39 is 0 Å². The van der Waals surface area contributed by atoms with Gasteiger partial charge in [0.1, 0.15) is 0 Å². The third kappa shape index (κ3) is 3.87. The minimum Gasteiger partial charge on any atom is -0.322 e. The Bertz CT molecular complexity index is 992. The van der Waals surface area contributed by atoms with Crippen molar-refractivity contribution in [3.63, 3.8) is 0 Å². The van der Waals surface area contributed by atoms with Crippen molar-refractivity contribution in [2.45, 2.75) is 45.0 Å². The second kappa shape index (κ2) is 7.51. The zero-order chi connectivity index (χ0) is 19.7. The first kappa shape index (κ1) is 19.1. The minimum absolute atomic E-state index is 0.116. The Balaban J connectivity index is 1.78. The van der Waals surface area contributed by atoms with E-state index >= 15 is 0 Å². The first-order valence-corrected chi connectivity index (χ1v) is 9.49. The standard InChI is InChI=1S/C18H23N7OS/c1-10-7-8-15(11(2)9-10)25-18(20-22-23-25)27-14(5)17(26)19-16-12(3)21-24(6)13(16)4/h7-9,14H,1-6H3,(H,19,26). The molecule has 1 N–H and O–H groups in total. The number of anilines is 1. The molecule has 0 spiro atoms. The Morgan fingerprint density at radius 2 is 1.96 bits per heavy atom. The van der Waals surface area contributed by atoms with E-state index in [1.807, 2.05) is 53.8 Å². The van der Waals surface area contributed by atoms with Crippen molar-refractivity contribution in [2.24, 2.45) is 7.05 Å². The van der Waals surface area contributed by atoms with E-state index in [9.17, 15) is 4.79 Å². The summed E-state index contributed by atoms with van der Waals surface area (Å²) >= 11 is 1.32. The Morgan fingerprint density at radius 3 is 2.59 bits per heavy atom. The van der Waals surface area contributed by atoms with Gasteiger partial charge in [0, 0.05) is 7.05 Å². The maximum atomic E-state index is 12.7. The summed E-state index contributed by atoms with van der Waals surface area (Å²) in [6, 6.07) is 6.08. The van der Waals surface area contributed by atoms with Crippen LogP contribution in [0.5, 0.6) is 0 Å². The fourth-order valence-electron chi connectivity index (χ4n) is 2.84. The summed E-state index contributed by atoms with van der Waals surface area (Å²) in [5, 5.41) is 19.5. The number of benzene rings is 1. The summed E-state index contributed by atoms with van der Waals surface area (Å²) in [6.07, 6.45) is 0. The summed E-state index contributed by atoms with van der Waals surface area (Å²) in [6.45, 7) is 9.70. The van der Waals surface area contributed by atoms with Gasteiger partial charge in [-0.05, 0) is 56.7 Å². The molecule has 0 aliphatic carbocycles. The van der Waals surface area contributed by atoms with Gasteiger partial charge in [0.15, 0.2) is 0 Å². The highest BCUT2D eigenvalue weighted by molar-refractivity contribution is 8.00. The van der Waals surface area contributed by atoms with Crippen LogP contribution in [0, 0.1) is 27.7 Å². The number of nitrogens with zero attached hydrogens (tertiary/aromatic N) is 6. The Labute approximate surface area is 162 Å². The van der Waals surface area contributed by atoms with Gasteiger partial charge in [0.2, 0.25) is 11.1 Å². The largest absolute Gasteiger partial charge is 0.322 e. The molecule has 8 nitrogen and oxygen atoms in total. The van der Waals surface area contributed by atoms with Crippen LogP contribution < -0.4 is 5.32 Å². The number of aromatic nitrogens is 6. The summed E-state index contributed by atoms with van der Waals surface area (Å²) in [5.41, 5.74) is 5.61. The molecule has 0 fully saturated rings. The lowest BCUT2D eigenvalue weighted by Gasteiger charge is -2.13. The van der Waals surface area contributed by atoms with Crippen LogP contribution in [-0.2, 0) is 11.8 Å². The molecule has 1 unspecified atom stereocenters.